The van der Waals surface area contributed by atoms with E-state index in [4.69, 9.17) is 11.5 Å². The number of nitrogens with two attached hydrogens (primary N) is 2. The predicted octanol–water partition coefficient (Wildman–Crippen LogP) is 0.240. The van der Waals surface area contributed by atoms with Gasteiger partial charge in [-0.3, -0.25) is 9.78 Å². The van der Waals surface area contributed by atoms with Crippen LogP contribution in [-0.2, 0) is 11.3 Å². The van der Waals surface area contributed by atoms with E-state index >= 15 is 0 Å². The van der Waals surface area contributed by atoms with Gasteiger partial charge in [-0.05, 0) is 26.0 Å². The van der Waals surface area contributed by atoms with Crippen molar-refractivity contribution in [2.24, 2.45) is 11.5 Å². The van der Waals surface area contributed by atoms with Crippen molar-refractivity contribution in [1.82, 2.24) is 4.98 Å². The molecule has 5 nitrogen and oxygen atoms in total. The molecular formula is C11H18N4O. The van der Waals surface area contributed by atoms with Crippen LogP contribution in [0.3, 0.4) is 0 Å². The van der Waals surface area contributed by atoms with E-state index in [2.05, 4.69) is 4.98 Å². The van der Waals surface area contributed by atoms with Crippen molar-refractivity contribution in [3.8, 4) is 0 Å². The van der Waals surface area contributed by atoms with Crippen LogP contribution in [0, 0.1) is 0 Å². The van der Waals surface area contributed by atoms with Gasteiger partial charge < -0.3 is 16.4 Å². The third-order valence-corrected chi connectivity index (χ3v) is 2.29. The van der Waals surface area contributed by atoms with E-state index in [1.54, 1.807) is 6.20 Å². The molecule has 5 heteroatoms. The number of aromatic nitrogens is 1. The van der Waals surface area contributed by atoms with Crippen LogP contribution in [0.4, 0.5) is 5.69 Å². The highest BCUT2D eigenvalue weighted by molar-refractivity contribution is 5.79. The van der Waals surface area contributed by atoms with E-state index in [9.17, 15) is 4.79 Å². The summed E-state index contributed by atoms with van der Waals surface area (Å²) in [4.78, 5) is 17.0. The van der Waals surface area contributed by atoms with Crippen LogP contribution in [0.2, 0.25) is 0 Å². The van der Waals surface area contributed by atoms with Crippen molar-refractivity contribution in [2.75, 3.05) is 11.4 Å². The maximum absolute atomic E-state index is 11.0. The molecule has 16 heavy (non-hydrogen) atoms. The third kappa shape index (κ3) is 3.20. The van der Waals surface area contributed by atoms with Gasteiger partial charge in [0.2, 0.25) is 5.91 Å². The number of amides is 1. The normalized spacial score (nSPS) is 10.5. The Hall–Kier alpha value is -1.62. The average Bonchev–Trinajstić information content (AvgIpc) is 2.25. The van der Waals surface area contributed by atoms with Gasteiger partial charge in [0.1, 0.15) is 0 Å². The first-order valence-corrected chi connectivity index (χ1v) is 5.24. The fourth-order valence-electron chi connectivity index (χ4n) is 1.50. The summed E-state index contributed by atoms with van der Waals surface area (Å²) in [5.41, 5.74) is 12.5. The van der Waals surface area contributed by atoms with Crippen LogP contribution < -0.4 is 16.4 Å². The van der Waals surface area contributed by atoms with E-state index in [1.807, 2.05) is 30.9 Å². The summed E-state index contributed by atoms with van der Waals surface area (Å²) in [5, 5.41) is 0. The van der Waals surface area contributed by atoms with Crippen LogP contribution in [0.25, 0.3) is 0 Å². The zero-order chi connectivity index (χ0) is 12.1. The Bertz CT molecular complexity index is 365. The lowest BCUT2D eigenvalue weighted by Gasteiger charge is -2.27. The van der Waals surface area contributed by atoms with Crippen molar-refractivity contribution in [2.45, 2.75) is 26.4 Å². The average molecular weight is 222 g/mol. The quantitative estimate of drug-likeness (QED) is 0.747. The summed E-state index contributed by atoms with van der Waals surface area (Å²) in [5.74, 6) is -0.347. The van der Waals surface area contributed by atoms with Gasteiger partial charge in [-0.15, -0.1) is 0 Å². The zero-order valence-electron chi connectivity index (χ0n) is 9.68. The number of carbonyl (C=O) groups is 1. The van der Waals surface area contributed by atoms with Crippen LogP contribution in [0.1, 0.15) is 19.5 Å². The summed E-state index contributed by atoms with van der Waals surface area (Å²) < 4.78 is 0. The van der Waals surface area contributed by atoms with Gasteiger partial charge in [-0.25, -0.2) is 0 Å². The molecular weight excluding hydrogens is 204 g/mol. The highest BCUT2D eigenvalue weighted by Crippen LogP contribution is 2.16. The topological polar surface area (TPSA) is 85.2 Å². The molecule has 0 unspecified atom stereocenters. The Morgan fingerprint density at radius 1 is 1.56 bits per heavy atom. The number of hydrogen-bond acceptors (Lipinski definition) is 4. The number of carbonyl (C=O) groups excluding carboxylic acids is 1. The third-order valence-electron chi connectivity index (χ3n) is 2.29. The Morgan fingerprint density at radius 3 is 2.75 bits per heavy atom. The van der Waals surface area contributed by atoms with Gasteiger partial charge in [-0.1, -0.05) is 0 Å². The maximum atomic E-state index is 11.0. The first kappa shape index (κ1) is 12.4. The molecule has 0 aliphatic carbocycles. The van der Waals surface area contributed by atoms with Crippen molar-refractivity contribution >= 4 is 11.6 Å². The molecule has 1 amide bonds. The molecule has 0 fully saturated rings. The number of anilines is 1. The molecule has 0 bridgehead atoms. The minimum atomic E-state index is -0.347. The van der Waals surface area contributed by atoms with Crippen molar-refractivity contribution < 1.29 is 4.79 Å². The van der Waals surface area contributed by atoms with E-state index in [-0.39, 0.29) is 18.5 Å². The van der Waals surface area contributed by atoms with Gasteiger partial charge in [-0.2, -0.15) is 0 Å². The molecule has 0 radical (unpaired) electrons. The second-order valence-electron chi connectivity index (χ2n) is 3.90. The van der Waals surface area contributed by atoms with Crippen molar-refractivity contribution in [3.05, 3.63) is 24.0 Å². The molecule has 1 aromatic heterocycles. The largest absolute Gasteiger partial charge is 0.368 e. The number of nitrogens with zero attached hydrogens (tertiary/aromatic N) is 2. The van der Waals surface area contributed by atoms with Crippen molar-refractivity contribution in [3.63, 3.8) is 0 Å². The Labute approximate surface area is 95.4 Å². The highest BCUT2D eigenvalue weighted by atomic mass is 16.1. The first-order chi connectivity index (χ1) is 7.54. The lowest BCUT2D eigenvalue weighted by molar-refractivity contribution is -0.116. The predicted molar refractivity (Wildman–Crippen MR) is 63.8 cm³/mol. The summed E-state index contributed by atoms with van der Waals surface area (Å²) >= 11 is 0. The van der Waals surface area contributed by atoms with Crippen LogP contribution in [-0.4, -0.2) is 23.5 Å². The molecule has 88 valence electrons. The molecule has 4 N–H and O–H groups in total. The zero-order valence-corrected chi connectivity index (χ0v) is 9.68. The van der Waals surface area contributed by atoms with E-state index < -0.39 is 0 Å². The fourth-order valence-corrected chi connectivity index (χ4v) is 1.50. The summed E-state index contributed by atoms with van der Waals surface area (Å²) in [6, 6.07) is 3.92. The number of rotatable bonds is 5. The molecule has 0 saturated carbocycles. The number of pyridine rings is 1. The lowest BCUT2D eigenvalue weighted by Crippen LogP contribution is -2.38. The summed E-state index contributed by atoms with van der Waals surface area (Å²) in [6.07, 6.45) is 1.69. The Balaban J connectivity index is 2.95. The number of primary amides is 1. The fraction of sp³-hybridized carbons (Fsp3) is 0.455. The second-order valence-corrected chi connectivity index (χ2v) is 3.90. The summed E-state index contributed by atoms with van der Waals surface area (Å²) in [7, 11) is 0. The minimum Gasteiger partial charge on any atom is -0.368 e. The van der Waals surface area contributed by atoms with Crippen LogP contribution in [0.5, 0.6) is 0 Å². The minimum absolute atomic E-state index is 0.195. The van der Waals surface area contributed by atoms with Gasteiger partial charge in [0.15, 0.2) is 0 Å². The Morgan fingerprint density at radius 2 is 2.25 bits per heavy atom. The maximum Gasteiger partial charge on any atom is 0.236 e. The molecule has 0 atom stereocenters. The molecule has 1 heterocycles. The monoisotopic (exact) mass is 222 g/mol. The van der Waals surface area contributed by atoms with E-state index in [0.29, 0.717) is 6.54 Å². The molecule has 1 aromatic rings. The molecule has 0 aliphatic heterocycles. The number of hydrogen-bond donors (Lipinski definition) is 2. The molecule has 0 saturated heterocycles. The van der Waals surface area contributed by atoms with Crippen LogP contribution >= 0.6 is 0 Å². The molecule has 0 aliphatic rings. The van der Waals surface area contributed by atoms with Crippen LogP contribution in [0.15, 0.2) is 18.3 Å². The van der Waals surface area contributed by atoms with Gasteiger partial charge in [0, 0.05) is 24.5 Å². The summed E-state index contributed by atoms with van der Waals surface area (Å²) in [6.45, 7) is 4.60. The second kappa shape index (κ2) is 5.46. The standard InChI is InChI=1S/C11H18N4O/c1-8(2)15(7-11(13)16)10-3-4-14-9(5-10)6-12/h3-5,8H,6-7,12H2,1-2H3,(H2,13,16). The highest BCUT2D eigenvalue weighted by Gasteiger charge is 2.13. The SMILES string of the molecule is CC(C)N(CC(N)=O)c1ccnc(CN)c1. The van der Waals surface area contributed by atoms with Gasteiger partial charge in [0.25, 0.3) is 0 Å². The van der Waals surface area contributed by atoms with E-state index in [1.165, 1.54) is 0 Å². The van der Waals surface area contributed by atoms with Gasteiger partial charge >= 0.3 is 0 Å². The first-order valence-electron chi connectivity index (χ1n) is 5.24. The van der Waals surface area contributed by atoms with Crippen molar-refractivity contribution in [1.29, 1.82) is 0 Å². The van der Waals surface area contributed by atoms with Gasteiger partial charge in [0.05, 0.1) is 12.2 Å². The molecule has 1 rings (SSSR count). The molecule has 0 spiro atoms. The smallest absolute Gasteiger partial charge is 0.236 e. The van der Waals surface area contributed by atoms with E-state index in [0.717, 1.165) is 11.4 Å². The Kier molecular flexibility index (Phi) is 4.25. The lowest BCUT2D eigenvalue weighted by atomic mass is 10.2. The molecule has 0 aromatic carbocycles.